The lowest BCUT2D eigenvalue weighted by Crippen LogP contribution is -2.49. The largest absolute Gasteiger partial charge is 0.494 e. The quantitative estimate of drug-likeness (QED) is 0.584. The first-order chi connectivity index (χ1) is 16.5. The summed E-state index contributed by atoms with van der Waals surface area (Å²) in [5.74, 6) is 0.439. The third-order valence-corrected chi connectivity index (χ3v) is 6.97. The number of ether oxygens (including phenoxy) is 1. The Morgan fingerprint density at radius 1 is 1.09 bits per heavy atom. The van der Waals surface area contributed by atoms with Gasteiger partial charge in [0.05, 0.1) is 13.0 Å². The zero-order valence-electron chi connectivity index (χ0n) is 19.8. The summed E-state index contributed by atoms with van der Waals surface area (Å²) >= 11 is 5.63. The van der Waals surface area contributed by atoms with Gasteiger partial charge in [0.15, 0.2) is 5.11 Å². The third kappa shape index (κ3) is 5.56. The summed E-state index contributed by atoms with van der Waals surface area (Å²) in [5, 5.41) is 3.42. The molecule has 2 heterocycles. The van der Waals surface area contributed by atoms with Crippen molar-refractivity contribution in [2.24, 2.45) is 0 Å². The predicted octanol–water partition coefficient (Wildman–Crippen LogP) is 3.51. The zero-order valence-corrected chi connectivity index (χ0v) is 20.6. The van der Waals surface area contributed by atoms with Gasteiger partial charge in [-0.2, -0.15) is 0 Å². The lowest BCUT2D eigenvalue weighted by Gasteiger charge is -2.39. The number of likely N-dealkylation sites (N-methyl/N-ethyl adjacent to an activating group) is 1. The molecule has 2 amide bonds. The molecule has 2 fully saturated rings. The summed E-state index contributed by atoms with van der Waals surface area (Å²) < 4.78 is 5.45. The average Bonchev–Trinajstić information content (AvgIpc) is 3.05. The van der Waals surface area contributed by atoms with Crippen molar-refractivity contribution in [2.45, 2.75) is 44.8 Å². The number of nitrogens with zero attached hydrogens (tertiary/aromatic N) is 3. The average molecular weight is 481 g/mol. The predicted molar refractivity (Wildman–Crippen MR) is 137 cm³/mol. The van der Waals surface area contributed by atoms with Crippen LogP contribution in [0, 0.1) is 0 Å². The van der Waals surface area contributed by atoms with E-state index in [1.54, 1.807) is 19.2 Å². The first kappa shape index (κ1) is 24.2. The smallest absolute Gasteiger partial charge is 0.251 e. The first-order valence-corrected chi connectivity index (χ1v) is 12.3. The van der Waals surface area contributed by atoms with Crippen molar-refractivity contribution in [1.29, 1.82) is 0 Å². The van der Waals surface area contributed by atoms with Crippen molar-refractivity contribution >= 4 is 34.8 Å². The van der Waals surface area contributed by atoms with Crippen LogP contribution in [0.25, 0.3) is 0 Å². The standard InChI is InChI=1S/C26H32N4O3S/c1-3-33-22-11-9-20(10-12-22)27-24(31)17-23-25(32)28(2)26(34)30(23)21-13-15-29(16-14-21)18-19-7-5-4-6-8-19/h4-12,21,23H,3,13-18H2,1-2H3,(H,27,31). The van der Waals surface area contributed by atoms with Crippen LogP contribution in [0.1, 0.15) is 31.7 Å². The van der Waals surface area contributed by atoms with Gasteiger partial charge in [0.1, 0.15) is 11.8 Å². The summed E-state index contributed by atoms with van der Waals surface area (Å²) in [5.41, 5.74) is 1.98. The number of benzene rings is 2. The molecule has 0 radical (unpaired) electrons. The number of carbonyl (C=O) groups is 2. The minimum Gasteiger partial charge on any atom is -0.494 e. The molecular weight excluding hydrogens is 448 g/mol. The lowest BCUT2D eigenvalue weighted by molar-refractivity contribution is -0.130. The molecule has 0 bridgehead atoms. The van der Waals surface area contributed by atoms with E-state index in [4.69, 9.17) is 17.0 Å². The van der Waals surface area contributed by atoms with Crippen LogP contribution in [0.15, 0.2) is 54.6 Å². The maximum absolute atomic E-state index is 13.0. The second kappa shape index (κ2) is 11.0. The molecule has 8 heteroatoms. The fourth-order valence-corrected chi connectivity index (χ4v) is 5.09. The van der Waals surface area contributed by atoms with Crippen molar-refractivity contribution in [3.05, 3.63) is 60.2 Å². The van der Waals surface area contributed by atoms with Crippen molar-refractivity contribution < 1.29 is 14.3 Å². The maximum atomic E-state index is 13.0. The Kier molecular flexibility index (Phi) is 7.80. The fourth-order valence-electron chi connectivity index (χ4n) is 4.73. The number of rotatable bonds is 8. The Morgan fingerprint density at radius 2 is 1.76 bits per heavy atom. The topological polar surface area (TPSA) is 65.1 Å². The Bertz CT molecular complexity index is 1010. The van der Waals surface area contributed by atoms with Crippen molar-refractivity contribution in [3.63, 3.8) is 0 Å². The number of piperidine rings is 1. The normalized spacial score (nSPS) is 19.5. The van der Waals surface area contributed by atoms with Crippen molar-refractivity contribution in [1.82, 2.24) is 14.7 Å². The molecule has 2 saturated heterocycles. The number of hydrogen-bond acceptors (Lipinski definition) is 5. The van der Waals surface area contributed by atoms with E-state index in [2.05, 4.69) is 34.5 Å². The second-order valence-corrected chi connectivity index (χ2v) is 9.17. The number of hydrogen-bond donors (Lipinski definition) is 1. The highest BCUT2D eigenvalue weighted by atomic mass is 32.1. The van der Waals surface area contributed by atoms with Crippen molar-refractivity contribution in [3.8, 4) is 5.75 Å². The van der Waals surface area contributed by atoms with Crippen molar-refractivity contribution in [2.75, 3.05) is 32.1 Å². The van der Waals surface area contributed by atoms with E-state index >= 15 is 0 Å². The summed E-state index contributed by atoms with van der Waals surface area (Å²) in [4.78, 5) is 31.8. The summed E-state index contributed by atoms with van der Waals surface area (Å²) in [6, 6.07) is 17.3. The highest BCUT2D eigenvalue weighted by Gasteiger charge is 2.45. The molecule has 180 valence electrons. The number of anilines is 1. The van der Waals surface area contributed by atoms with Crippen LogP contribution in [0.3, 0.4) is 0 Å². The van der Waals surface area contributed by atoms with Gasteiger partial charge in [-0.25, -0.2) is 0 Å². The van der Waals surface area contributed by atoms with Crippen LogP contribution in [0.4, 0.5) is 5.69 Å². The fraction of sp³-hybridized carbons (Fsp3) is 0.423. The SMILES string of the molecule is CCOc1ccc(NC(=O)CC2C(=O)N(C)C(=S)N2C2CCN(Cc3ccccc3)CC2)cc1. The molecule has 2 aromatic carbocycles. The molecule has 2 aliphatic rings. The maximum Gasteiger partial charge on any atom is 0.251 e. The molecule has 1 N–H and O–H groups in total. The van der Waals surface area contributed by atoms with Gasteiger partial charge >= 0.3 is 0 Å². The molecular formula is C26H32N4O3S. The van der Waals surface area contributed by atoms with E-state index in [0.29, 0.717) is 17.4 Å². The monoisotopic (exact) mass is 480 g/mol. The van der Waals surface area contributed by atoms with E-state index in [1.165, 1.54) is 10.5 Å². The van der Waals surface area contributed by atoms with E-state index in [-0.39, 0.29) is 24.3 Å². The summed E-state index contributed by atoms with van der Waals surface area (Å²) in [6.45, 7) is 5.30. The summed E-state index contributed by atoms with van der Waals surface area (Å²) in [6.07, 6.45) is 1.89. The molecule has 4 rings (SSSR count). The van der Waals surface area contributed by atoms with Crippen LogP contribution in [0.2, 0.25) is 0 Å². The molecule has 7 nitrogen and oxygen atoms in total. The molecule has 1 atom stereocenters. The second-order valence-electron chi connectivity index (χ2n) is 8.81. The number of thiocarbonyl (C=S) groups is 1. The first-order valence-electron chi connectivity index (χ1n) is 11.8. The van der Waals surface area contributed by atoms with E-state index in [0.717, 1.165) is 38.2 Å². The van der Waals surface area contributed by atoms with E-state index < -0.39 is 6.04 Å². The van der Waals surface area contributed by atoms with Gasteiger partial charge in [0, 0.05) is 38.4 Å². The van der Waals surface area contributed by atoms with Gasteiger partial charge in [0.2, 0.25) is 5.91 Å². The van der Waals surface area contributed by atoms with E-state index in [9.17, 15) is 9.59 Å². The summed E-state index contributed by atoms with van der Waals surface area (Å²) in [7, 11) is 1.70. The number of amides is 2. The molecule has 0 aliphatic carbocycles. The minimum absolute atomic E-state index is 0.0702. The van der Waals surface area contributed by atoms with E-state index in [1.807, 2.05) is 30.0 Å². The third-order valence-electron chi connectivity index (χ3n) is 6.49. The van der Waals surface area contributed by atoms with Gasteiger partial charge in [-0.15, -0.1) is 0 Å². The number of nitrogens with one attached hydrogen (secondary N) is 1. The zero-order chi connectivity index (χ0) is 24.1. The minimum atomic E-state index is -0.564. The Balaban J connectivity index is 1.37. The van der Waals surface area contributed by atoms with Gasteiger partial charge in [0.25, 0.3) is 5.91 Å². The molecule has 2 aromatic rings. The molecule has 1 unspecified atom stereocenters. The number of carbonyl (C=O) groups excluding carboxylic acids is 2. The Hall–Kier alpha value is -2.97. The highest BCUT2D eigenvalue weighted by molar-refractivity contribution is 7.80. The molecule has 0 aromatic heterocycles. The van der Waals surface area contributed by atoms with Gasteiger partial charge < -0.3 is 15.0 Å². The molecule has 0 saturated carbocycles. The van der Waals surface area contributed by atoms with Crippen LogP contribution < -0.4 is 10.1 Å². The van der Waals surface area contributed by atoms with Gasteiger partial charge in [-0.3, -0.25) is 19.4 Å². The highest BCUT2D eigenvalue weighted by Crippen LogP contribution is 2.28. The molecule has 0 spiro atoms. The van der Waals surface area contributed by atoms with Crippen LogP contribution >= 0.6 is 12.2 Å². The lowest BCUT2D eigenvalue weighted by atomic mass is 10.00. The molecule has 34 heavy (non-hydrogen) atoms. The van der Waals surface area contributed by atoms with Crippen LogP contribution in [0.5, 0.6) is 5.75 Å². The Labute approximate surface area is 206 Å². The van der Waals surface area contributed by atoms with Gasteiger partial charge in [-0.1, -0.05) is 30.3 Å². The Morgan fingerprint density at radius 3 is 2.41 bits per heavy atom. The van der Waals surface area contributed by atoms with Gasteiger partial charge in [-0.05, 0) is 61.8 Å². The molecule has 2 aliphatic heterocycles. The van der Waals surface area contributed by atoms with Crippen LogP contribution in [-0.2, 0) is 16.1 Å². The number of likely N-dealkylation sites (tertiary alicyclic amines) is 1. The van der Waals surface area contributed by atoms with Crippen LogP contribution in [-0.4, -0.2) is 70.5 Å².